The molecule has 168 valence electrons. The summed E-state index contributed by atoms with van der Waals surface area (Å²) in [5, 5.41) is 0. The third-order valence-electron chi connectivity index (χ3n) is 4.97. The van der Waals surface area contributed by atoms with Gasteiger partial charge >= 0.3 is 11.9 Å². The van der Waals surface area contributed by atoms with Gasteiger partial charge in [0.2, 0.25) is 0 Å². The lowest BCUT2D eigenvalue weighted by atomic mass is 10.0. The van der Waals surface area contributed by atoms with E-state index in [0.29, 0.717) is 41.6 Å². The van der Waals surface area contributed by atoms with Gasteiger partial charge in [-0.2, -0.15) is 0 Å². The summed E-state index contributed by atoms with van der Waals surface area (Å²) < 4.78 is 21.4. The zero-order chi connectivity index (χ0) is 23.2. The SMILES string of the molecule is CC(=O)Oc1ccc(-c2ccc(C(=O)OCC(=O)c3ccc4c(c3)OCCCO4)cc2)cc1. The van der Waals surface area contributed by atoms with Gasteiger partial charge in [0.25, 0.3) is 0 Å². The van der Waals surface area contributed by atoms with Crippen LogP contribution in [0.5, 0.6) is 17.2 Å². The van der Waals surface area contributed by atoms with E-state index in [-0.39, 0.29) is 18.4 Å². The van der Waals surface area contributed by atoms with Gasteiger partial charge in [-0.05, 0) is 53.6 Å². The van der Waals surface area contributed by atoms with Crippen molar-refractivity contribution in [2.75, 3.05) is 19.8 Å². The number of esters is 2. The number of benzene rings is 3. The molecule has 0 aromatic heterocycles. The van der Waals surface area contributed by atoms with Crippen molar-refractivity contribution in [3.63, 3.8) is 0 Å². The van der Waals surface area contributed by atoms with Gasteiger partial charge in [-0.3, -0.25) is 9.59 Å². The van der Waals surface area contributed by atoms with Crippen LogP contribution in [-0.4, -0.2) is 37.5 Å². The van der Waals surface area contributed by atoms with Crippen LogP contribution in [0.1, 0.15) is 34.1 Å². The Labute approximate surface area is 190 Å². The highest BCUT2D eigenvalue weighted by atomic mass is 16.5. The molecule has 3 aromatic rings. The van der Waals surface area contributed by atoms with Crippen LogP contribution in [0.15, 0.2) is 66.7 Å². The predicted molar refractivity (Wildman–Crippen MR) is 120 cm³/mol. The molecule has 1 heterocycles. The fraction of sp³-hybridized carbons (Fsp3) is 0.192. The Morgan fingerprint density at radius 3 is 2.06 bits per heavy atom. The summed E-state index contributed by atoms with van der Waals surface area (Å²) in [5.41, 5.74) is 2.50. The maximum Gasteiger partial charge on any atom is 0.338 e. The number of rotatable bonds is 6. The summed E-state index contributed by atoms with van der Waals surface area (Å²) in [5.74, 6) is 0.277. The van der Waals surface area contributed by atoms with Crippen molar-refractivity contribution in [3.8, 4) is 28.4 Å². The molecule has 0 fully saturated rings. The molecule has 0 saturated heterocycles. The van der Waals surface area contributed by atoms with Gasteiger partial charge in [0.05, 0.1) is 18.8 Å². The minimum absolute atomic E-state index is 0.330. The van der Waals surface area contributed by atoms with E-state index < -0.39 is 5.97 Å². The molecule has 0 aliphatic carbocycles. The lowest BCUT2D eigenvalue weighted by Crippen LogP contribution is -2.14. The monoisotopic (exact) mass is 446 g/mol. The minimum atomic E-state index is -0.588. The second-order valence-corrected chi connectivity index (χ2v) is 7.41. The first kappa shape index (κ1) is 22.1. The minimum Gasteiger partial charge on any atom is -0.490 e. The number of hydrogen-bond donors (Lipinski definition) is 0. The third kappa shape index (κ3) is 5.57. The van der Waals surface area contributed by atoms with Gasteiger partial charge in [-0.15, -0.1) is 0 Å². The highest BCUT2D eigenvalue weighted by molar-refractivity contribution is 6.00. The molecule has 7 nitrogen and oxygen atoms in total. The number of Topliss-reactive ketones (excluding diaryl/α,β-unsaturated/α-hetero) is 1. The van der Waals surface area contributed by atoms with Crippen LogP contribution in [0, 0.1) is 0 Å². The Morgan fingerprint density at radius 1 is 0.788 bits per heavy atom. The number of carbonyl (C=O) groups excluding carboxylic acids is 3. The second kappa shape index (κ2) is 9.99. The molecule has 0 N–H and O–H groups in total. The average molecular weight is 446 g/mol. The van der Waals surface area contributed by atoms with Crippen molar-refractivity contribution in [2.45, 2.75) is 13.3 Å². The highest BCUT2D eigenvalue weighted by Gasteiger charge is 2.16. The first-order valence-corrected chi connectivity index (χ1v) is 10.5. The van der Waals surface area contributed by atoms with E-state index in [4.69, 9.17) is 18.9 Å². The number of ether oxygens (including phenoxy) is 4. The van der Waals surface area contributed by atoms with Gasteiger partial charge in [-0.1, -0.05) is 24.3 Å². The van der Waals surface area contributed by atoms with Crippen molar-refractivity contribution in [1.29, 1.82) is 0 Å². The maximum atomic E-state index is 12.5. The fourth-order valence-electron chi connectivity index (χ4n) is 3.31. The van der Waals surface area contributed by atoms with E-state index >= 15 is 0 Å². The molecular weight excluding hydrogens is 424 g/mol. The Hall–Kier alpha value is -4.13. The largest absolute Gasteiger partial charge is 0.490 e. The van der Waals surface area contributed by atoms with Crippen molar-refractivity contribution < 1.29 is 33.3 Å². The molecule has 33 heavy (non-hydrogen) atoms. The van der Waals surface area contributed by atoms with Crippen molar-refractivity contribution >= 4 is 17.7 Å². The molecule has 0 amide bonds. The van der Waals surface area contributed by atoms with Crippen LogP contribution in [0.4, 0.5) is 0 Å². The molecule has 7 heteroatoms. The van der Waals surface area contributed by atoms with E-state index in [9.17, 15) is 14.4 Å². The van der Waals surface area contributed by atoms with Gasteiger partial charge < -0.3 is 18.9 Å². The molecule has 0 bridgehead atoms. The molecule has 4 rings (SSSR count). The molecule has 0 spiro atoms. The fourth-order valence-corrected chi connectivity index (χ4v) is 3.31. The molecule has 3 aromatic carbocycles. The normalized spacial score (nSPS) is 12.4. The molecule has 1 aliphatic heterocycles. The predicted octanol–water partition coefficient (Wildman–Crippen LogP) is 4.48. The van der Waals surface area contributed by atoms with Crippen LogP contribution in [0.2, 0.25) is 0 Å². The zero-order valence-corrected chi connectivity index (χ0v) is 18.0. The van der Waals surface area contributed by atoms with Crippen LogP contribution >= 0.6 is 0 Å². The Kier molecular flexibility index (Phi) is 6.69. The Morgan fingerprint density at radius 2 is 1.39 bits per heavy atom. The van der Waals surface area contributed by atoms with Crippen molar-refractivity contribution in [2.24, 2.45) is 0 Å². The Balaban J connectivity index is 1.35. The standard InChI is InChI=1S/C26H22O7/c1-17(27)33-22-10-7-19(8-11-22)18-3-5-20(6-4-18)26(29)32-16-23(28)21-9-12-24-25(15-21)31-14-2-13-30-24/h3-12,15H,2,13-14,16H2,1H3. The van der Waals surface area contributed by atoms with E-state index in [1.807, 2.05) is 12.1 Å². The number of carbonyl (C=O) groups is 3. The third-order valence-corrected chi connectivity index (χ3v) is 4.97. The van der Waals surface area contributed by atoms with Crippen LogP contribution < -0.4 is 14.2 Å². The average Bonchev–Trinajstić information content (AvgIpc) is 3.07. The smallest absolute Gasteiger partial charge is 0.338 e. The number of fused-ring (bicyclic) bond motifs is 1. The van der Waals surface area contributed by atoms with Gasteiger partial charge in [0.1, 0.15) is 5.75 Å². The van der Waals surface area contributed by atoms with E-state index in [1.54, 1.807) is 54.6 Å². The molecule has 1 aliphatic rings. The van der Waals surface area contributed by atoms with E-state index in [1.165, 1.54) is 6.92 Å². The van der Waals surface area contributed by atoms with Crippen molar-refractivity contribution in [3.05, 3.63) is 77.9 Å². The van der Waals surface area contributed by atoms with E-state index in [0.717, 1.165) is 17.5 Å². The van der Waals surface area contributed by atoms with Crippen LogP contribution in [0.25, 0.3) is 11.1 Å². The first-order chi connectivity index (χ1) is 16.0. The lowest BCUT2D eigenvalue weighted by molar-refractivity contribution is -0.131. The second-order valence-electron chi connectivity index (χ2n) is 7.41. The summed E-state index contributed by atoms with van der Waals surface area (Å²) in [7, 11) is 0. The van der Waals surface area contributed by atoms with Gasteiger partial charge in [-0.25, -0.2) is 4.79 Å². The zero-order valence-electron chi connectivity index (χ0n) is 18.0. The summed E-state index contributed by atoms with van der Waals surface area (Å²) in [4.78, 5) is 35.9. The summed E-state index contributed by atoms with van der Waals surface area (Å²) in [6.45, 7) is 2.05. The molecule has 0 atom stereocenters. The molecule has 0 radical (unpaired) electrons. The summed E-state index contributed by atoms with van der Waals surface area (Å²) >= 11 is 0. The van der Waals surface area contributed by atoms with Crippen LogP contribution in [0.3, 0.4) is 0 Å². The molecule has 0 unspecified atom stereocenters. The number of ketones is 1. The topological polar surface area (TPSA) is 88.1 Å². The van der Waals surface area contributed by atoms with Crippen molar-refractivity contribution in [1.82, 2.24) is 0 Å². The molecular formula is C26H22O7. The first-order valence-electron chi connectivity index (χ1n) is 10.5. The highest BCUT2D eigenvalue weighted by Crippen LogP contribution is 2.30. The summed E-state index contributed by atoms with van der Waals surface area (Å²) in [6.07, 6.45) is 0.772. The summed E-state index contributed by atoms with van der Waals surface area (Å²) in [6, 6.07) is 18.8. The molecule has 0 saturated carbocycles. The van der Waals surface area contributed by atoms with Gasteiger partial charge in [0, 0.05) is 18.9 Å². The number of hydrogen-bond acceptors (Lipinski definition) is 7. The Bertz CT molecular complexity index is 1160. The maximum absolute atomic E-state index is 12.5. The van der Waals surface area contributed by atoms with Gasteiger partial charge in [0.15, 0.2) is 23.9 Å². The van der Waals surface area contributed by atoms with Crippen LogP contribution in [-0.2, 0) is 9.53 Å². The van der Waals surface area contributed by atoms with E-state index in [2.05, 4.69) is 0 Å². The quantitative estimate of drug-likeness (QED) is 0.313. The lowest BCUT2D eigenvalue weighted by Gasteiger charge is -2.09.